The van der Waals surface area contributed by atoms with Gasteiger partial charge in [-0.3, -0.25) is 0 Å². The average Bonchev–Trinajstić information content (AvgIpc) is 2.55. The highest BCUT2D eigenvalue weighted by Crippen LogP contribution is 2.42. The first-order valence-electron chi connectivity index (χ1n) is 3.57. The molecule has 0 saturated heterocycles. The van der Waals surface area contributed by atoms with E-state index < -0.39 is 0 Å². The summed E-state index contributed by atoms with van der Waals surface area (Å²) in [7, 11) is 0. The molecule has 1 aliphatic heterocycles. The van der Waals surface area contributed by atoms with Gasteiger partial charge in [-0.25, -0.2) is 3.63 Å². The monoisotopic (exact) mass is 186 g/mol. The molecule has 3 heteroatoms. The molecular weight excluding hydrogens is 176 g/mol. The summed E-state index contributed by atoms with van der Waals surface area (Å²) in [5, 5.41) is 0. The van der Waals surface area contributed by atoms with E-state index in [1.54, 1.807) is 0 Å². The van der Waals surface area contributed by atoms with Gasteiger partial charge in [-0.2, -0.15) is 0 Å². The maximum atomic E-state index is 5.05. The summed E-state index contributed by atoms with van der Waals surface area (Å²) in [6, 6.07) is 8.14. The van der Waals surface area contributed by atoms with Gasteiger partial charge in [-0.05, 0) is 12.1 Å². The van der Waals surface area contributed by atoms with Crippen molar-refractivity contribution in [2.75, 3.05) is 0 Å². The molecule has 0 radical (unpaired) electrons. The zero-order valence-corrected chi connectivity index (χ0v) is 8.17. The van der Waals surface area contributed by atoms with Crippen molar-refractivity contribution in [1.82, 2.24) is 0 Å². The summed E-state index contributed by atoms with van der Waals surface area (Å²) in [4.78, 5) is 2.45. The molecule has 1 aromatic carbocycles. The van der Waals surface area contributed by atoms with Gasteiger partial charge in [0.25, 0.3) is 0 Å². The molecule has 0 bridgehead atoms. The minimum Gasteiger partial charge on any atom is -0.237 e. The molecule has 0 spiro atoms. The van der Waals surface area contributed by atoms with Crippen molar-refractivity contribution in [2.24, 2.45) is 0 Å². The second-order valence-electron chi connectivity index (χ2n) is 1.68. The third-order valence-electron chi connectivity index (χ3n) is 1.10. The van der Waals surface area contributed by atoms with Gasteiger partial charge < -0.3 is 0 Å². The molecule has 11 heavy (non-hydrogen) atoms. The van der Waals surface area contributed by atoms with Crippen LogP contribution in [0.2, 0.25) is 0 Å². The second kappa shape index (κ2) is 4.70. The molecule has 0 fully saturated rings. The van der Waals surface area contributed by atoms with Gasteiger partial charge >= 0.3 is 0 Å². The Morgan fingerprint density at radius 3 is 1.91 bits per heavy atom. The van der Waals surface area contributed by atoms with Crippen molar-refractivity contribution < 1.29 is 3.63 Å². The van der Waals surface area contributed by atoms with Crippen LogP contribution in [0.15, 0.2) is 34.1 Å². The first-order valence-corrected chi connectivity index (χ1v) is 5.05. The standard InChI is InChI=1S/C6H4OS2.C2H6/c1-2-4-6-5(3-1)8-7-9-6;1-2/h1-4H;1-2H3. The first-order chi connectivity index (χ1) is 5.47. The highest BCUT2D eigenvalue weighted by atomic mass is 32.2. The van der Waals surface area contributed by atoms with Crippen molar-refractivity contribution in [2.45, 2.75) is 23.6 Å². The fraction of sp³-hybridized carbons (Fsp3) is 0.250. The minimum atomic E-state index is 1.22. The normalized spacial score (nSPS) is 13.3. The van der Waals surface area contributed by atoms with Crippen molar-refractivity contribution in [3.63, 3.8) is 0 Å². The molecular formula is C8H10OS2. The average molecular weight is 186 g/mol. The Hall–Kier alpha value is -0.120. The van der Waals surface area contributed by atoms with Crippen LogP contribution in [0.3, 0.4) is 0 Å². The summed E-state index contributed by atoms with van der Waals surface area (Å²) in [5.41, 5.74) is 0. The van der Waals surface area contributed by atoms with E-state index in [4.69, 9.17) is 3.63 Å². The first kappa shape index (κ1) is 8.97. The molecule has 60 valence electrons. The lowest BCUT2D eigenvalue weighted by Gasteiger charge is -1.87. The molecule has 0 unspecified atom stereocenters. The van der Waals surface area contributed by atoms with E-state index >= 15 is 0 Å². The van der Waals surface area contributed by atoms with E-state index in [0.29, 0.717) is 0 Å². The zero-order valence-electron chi connectivity index (χ0n) is 6.53. The van der Waals surface area contributed by atoms with Crippen LogP contribution in [0.5, 0.6) is 0 Å². The van der Waals surface area contributed by atoms with E-state index in [2.05, 4.69) is 12.1 Å². The smallest absolute Gasteiger partial charge is 0.0525 e. The third-order valence-corrected chi connectivity index (χ3v) is 2.84. The SMILES string of the molecule is CC.c1ccc2c(c1)SOS2. The highest BCUT2D eigenvalue weighted by molar-refractivity contribution is 8.10. The van der Waals surface area contributed by atoms with E-state index in [1.165, 1.54) is 33.9 Å². The summed E-state index contributed by atoms with van der Waals surface area (Å²) in [5.74, 6) is 0. The second-order valence-corrected chi connectivity index (χ2v) is 3.44. The van der Waals surface area contributed by atoms with Crippen LogP contribution >= 0.6 is 24.1 Å². The van der Waals surface area contributed by atoms with Crippen LogP contribution in [0, 0.1) is 0 Å². The lowest BCUT2D eigenvalue weighted by atomic mass is 10.4. The molecule has 2 rings (SSSR count). The molecule has 0 aromatic heterocycles. The van der Waals surface area contributed by atoms with E-state index in [0.717, 1.165) is 0 Å². The predicted molar refractivity (Wildman–Crippen MR) is 50.6 cm³/mol. The molecule has 0 amide bonds. The maximum Gasteiger partial charge on any atom is 0.0525 e. The Morgan fingerprint density at radius 1 is 1.00 bits per heavy atom. The lowest BCUT2D eigenvalue weighted by molar-refractivity contribution is 0.773. The van der Waals surface area contributed by atoms with Gasteiger partial charge in [0.2, 0.25) is 0 Å². The van der Waals surface area contributed by atoms with E-state index in [9.17, 15) is 0 Å². The largest absolute Gasteiger partial charge is 0.237 e. The number of hydrogen-bond donors (Lipinski definition) is 0. The molecule has 0 atom stereocenters. The Morgan fingerprint density at radius 2 is 1.45 bits per heavy atom. The minimum absolute atomic E-state index is 1.22. The molecule has 1 heterocycles. The van der Waals surface area contributed by atoms with Gasteiger partial charge in [-0.15, -0.1) is 0 Å². The van der Waals surface area contributed by atoms with Crippen molar-refractivity contribution >= 4 is 24.1 Å². The van der Waals surface area contributed by atoms with Gasteiger partial charge in [0, 0.05) is 24.1 Å². The highest BCUT2D eigenvalue weighted by Gasteiger charge is 2.11. The van der Waals surface area contributed by atoms with Crippen LogP contribution < -0.4 is 0 Å². The third kappa shape index (κ3) is 2.15. The Balaban J connectivity index is 0.000000281. The molecule has 1 nitrogen and oxygen atoms in total. The van der Waals surface area contributed by atoms with Gasteiger partial charge in [0.05, 0.1) is 9.79 Å². The number of rotatable bonds is 0. The molecule has 0 aliphatic carbocycles. The van der Waals surface area contributed by atoms with E-state index in [-0.39, 0.29) is 0 Å². The molecule has 1 aromatic rings. The van der Waals surface area contributed by atoms with Crippen molar-refractivity contribution in [1.29, 1.82) is 0 Å². The molecule has 0 saturated carbocycles. The van der Waals surface area contributed by atoms with Crippen LogP contribution in [0.25, 0.3) is 0 Å². The Labute approximate surface area is 75.9 Å². The lowest BCUT2D eigenvalue weighted by Crippen LogP contribution is -1.65. The van der Waals surface area contributed by atoms with Crippen molar-refractivity contribution in [3.05, 3.63) is 24.3 Å². The van der Waals surface area contributed by atoms with Crippen LogP contribution in [-0.4, -0.2) is 0 Å². The predicted octanol–water partition coefficient (Wildman–Crippen LogP) is 3.76. The Kier molecular flexibility index (Phi) is 3.83. The van der Waals surface area contributed by atoms with Gasteiger partial charge in [0.15, 0.2) is 0 Å². The number of benzene rings is 1. The van der Waals surface area contributed by atoms with Gasteiger partial charge in [0.1, 0.15) is 0 Å². The number of hydrogen-bond acceptors (Lipinski definition) is 3. The maximum absolute atomic E-state index is 5.05. The van der Waals surface area contributed by atoms with Crippen LogP contribution in [-0.2, 0) is 3.63 Å². The topological polar surface area (TPSA) is 9.23 Å². The van der Waals surface area contributed by atoms with Crippen molar-refractivity contribution in [3.8, 4) is 0 Å². The van der Waals surface area contributed by atoms with E-state index in [1.807, 2.05) is 26.0 Å². The summed E-state index contributed by atoms with van der Waals surface area (Å²) in [6.07, 6.45) is 0. The quantitative estimate of drug-likeness (QED) is 0.571. The molecule has 0 N–H and O–H groups in total. The molecule has 1 aliphatic rings. The fourth-order valence-corrected chi connectivity index (χ4v) is 2.17. The summed E-state index contributed by atoms with van der Waals surface area (Å²) in [6.45, 7) is 4.00. The zero-order chi connectivity index (χ0) is 8.10. The number of fused-ring (bicyclic) bond motifs is 1. The fourth-order valence-electron chi connectivity index (χ4n) is 0.678. The summed E-state index contributed by atoms with van der Waals surface area (Å²) >= 11 is 2.86. The Bertz CT molecular complexity index is 202. The van der Waals surface area contributed by atoms with Crippen LogP contribution in [0.4, 0.5) is 0 Å². The summed E-state index contributed by atoms with van der Waals surface area (Å²) < 4.78 is 5.05. The van der Waals surface area contributed by atoms with Gasteiger partial charge in [-0.1, -0.05) is 26.0 Å². The van der Waals surface area contributed by atoms with Crippen LogP contribution in [0.1, 0.15) is 13.8 Å².